The molecule has 0 fully saturated rings. The van der Waals surface area contributed by atoms with E-state index in [9.17, 15) is 0 Å². The van der Waals surface area contributed by atoms with Crippen molar-refractivity contribution in [1.82, 2.24) is 9.97 Å². The van der Waals surface area contributed by atoms with E-state index in [4.69, 9.17) is 10.5 Å². The lowest BCUT2D eigenvalue weighted by molar-refractivity contribution is 0.461. The first-order valence-corrected chi connectivity index (χ1v) is 4.14. The molecule has 2 aromatic rings. The van der Waals surface area contributed by atoms with E-state index in [0.717, 1.165) is 0 Å². The molecule has 4 nitrogen and oxygen atoms in total. The summed E-state index contributed by atoms with van der Waals surface area (Å²) in [6.07, 6.45) is 3.06. The number of rotatable bonds is 2. The first kappa shape index (κ1) is 8.50. The molecule has 0 amide bonds. The minimum absolute atomic E-state index is 0.518. The number of aromatic nitrogens is 2. The Morgan fingerprint density at radius 2 is 1.86 bits per heavy atom. The van der Waals surface area contributed by atoms with Crippen LogP contribution in [0, 0.1) is 0 Å². The average Bonchev–Trinajstić information content (AvgIpc) is 2.23. The van der Waals surface area contributed by atoms with Crippen LogP contribution < -0.4 is 10.5 Å². The fourth-order valence-corrected chi connectivity index (χ4v) is 0.996. The normalized spacial score (nSPS) is 9.71. The highest BCUT2D eigenvalue weighted by Gasteiger charge is 1.96. The molecule has 2 N–H and O–H groups in total. The van der Waals surface area contributed by atoms with Crippen LogP contribution in [0.4, 0.5) is 5.69 Å². The van der Waals surface area contributed by atoms with E-state index in [1.807, 2.05) is 0 Å². The monoisotopic (exact) mass is 187 g/mol. The number of hydrogen-bond donors (Lipinski definition) is 1. The quantitative estimate of drug-likeness (QED) is 0.729. The van der Waals surface area contributed by atoms with Gasteiger partial charge in [0.2, 0.25) is 5.88 Å². The van der Waals surface area contributed by atoms with Gasteiger partial charge in [0, 0.05) is 18.0 Å². The van der Waals surface area contributed by atoms with Crippen molar-refractivity contribution >= 4 is 5.69 Å². The van der Waals surface area contributed by atoms with Crippen LogP contribution in [0.5, 0.6) is 11.6 Å². The highest BCUT2D eigenvalue weighted by atomic mass is 16.5. The van der Waals surface area contributed by atoms with Crippen LogP contribution in [-0.4, -0.2) is 9.97 Å². The van der Waals surface area contributed by atoms with E-state index >= 15 is 0 Å². The van der Waals surface area contributed by atoms with Crippen molar-refractivity contribution in [2.75, 3.05) is 5.73 Å². The van der Waals surface area contributed by atoms with E-state index in [1.54, 1.807) is 36.5 Å². The molecule has 0 aliphatic carbocycles. The summed E-state index contributed by atoms with van der Waals surface area (Å²) in [4.78, 5) is 7.72. The summed E-state index contributed by atoms with van der Waals surface area (Å²) in [5.41, 5.74) is 6.25. The molecule has 1 heterocycles. The Hall–Kier alpha value is -2.10. The maximum atomic E-state index is 5.54. The van der Waals surface area contributed by atoms with Crippen molar-refractivity contribution in [3.05, 3.63) is 42.9 Å². The van der Waals surface area contributed by atoms with E-state index in [-0.39, 0.29) is 0 Å². The van der Waals surface area contributed by atoms with Gasteiger partial charge in [0.1, 0.15) is 12.1 Å². The number of benzene rings is 1. The summed E-state index contributed by atoms with van der Waals surface area (Å²) in [6, 6.07) is 8.82. The molecular weight excluding hydrogens is 178 g/mol. The average molecular weight is 187 g/mol. The Labute approximate surface area is 81.4 Å². The molecule has 14 heavy (non-hydrogen) atoms. The summed E-state index contributed by atoms with van der Waals surface area (Å²) in [5, 5.41) is 0. The Morgan fingerprint density at radius 1 is 1.07 bits per heavy atom. The number of hydrogen-bond acceptors (Lipinski definition) is 4. The van der Waals surface area contributed by atoms with E-state index in [1.165, 1.54) is 6.33 Å². The molecule has 0 aliphatic rings. The van der Waals surface area contributed by atoms with Gasteiger partial charge in [0.05, 0.1) is 0 Å². The topological polar surface area (TPSA) is 61.0 Å². The number of nitrogens with two attached hydrogens (primary N) is 1. The molecule has 2 rings (SSSR count). The second kappa shape index (κ2) is 3.74. The van der Waals surface area contributed by atoms with E-state index in [0.29, 0.717) is 17.3 Å². The molecule has 0 saturated heterocycles. The maximum Gasteiger partial charge on any atom is 0.222 e. The zero-order valence-corrected chi connectivity index (χ0v) is 7.42. The number of nitrogens with zero attached hydrogens (tertiary/aromatic N) is 2. The Morgan fingerprint density at radius 3 is 2.50 bits per heavy atom. The van der Waals surface area contributed by atoms with Gasteiger partial charge in [0.25, 0.3) is 0 Å². The number of nitrogen functional groups attached to an aromatic ring is 1. The van der Waals surface area contributed by atoms with Gasteiger partial charge in [-0.1, -0.05) is 0 Å². The lowest BCUT2D eigenvalue weighted by atomic mass is 10.3. The minimum atomic E-state index is 0.518. The van der Waals surface area contributed by atoms with Crippen LogP contribution in [0.25, 0.3) is 0 Å². The van der Waals surface area contributed by atoms with Gasteiger partial charge < -0.3 is 10.5 Å². The molecule has 4 heteroatoms. The molecule has 70 valence electrons. The first-order chi connectivity index (χ1) is 6.84. The third-order valence-corrected chi connectivity index (χ3v) is 1.66. The van der Waals surface area contributed by atoms with Gasteiger partial charge in [-0.05, 0) is 24.3 Å². The second-order valence-corrected chi connectivity index (χ2v) is 2.72. The Kier molecular flexibility index (Phi) is 2.27. The third kappa shape index (κ3) is 1.98. The molecule has 0 aliphatic heterocycles. The molecule has 1 aromatic carbocycles. The van der Waals surface area contributed by atoms with Crippen molar-refractivity contribution in [3.63, 3.8) is 0 Å². The van der Waals surface area contributed by atoms with Gasteiger partial charge >= 0.3 is 0 Å². The number of ether oxygens (including phenoxy) is 1. The van der Waals surface area contributed by atoms with Crippen LogP contribution in [-0.2, 0) is 0 Å². The van der Waals surface area contributed by atoms with Gasteiger partial charge in [-0.25, -0.2) is 9.97 Å². The predicted molar refractivity (Wildman–Crippen MR) is 53.0 cm³/mol. The fourth-order valence-electron chi connectivity index (χ4n) is 0.996. The lowest BCUT2D eigenvalue weighted by Gasteiger charge is -2.03. The molecule has 0 spiro atoms. The molecule has 0 atom stereocenters. The largest absolute Gasteiger partial charge is 0.439 e. The Balaban J connectivity index is 2.16. The van der Waals surface area contributed by atoms with Crippen LogP contribution in [0.3, 0.4) is 0 Å². The fraction of sp³-hybridized carbons (Fsp3) is 0. The zero-order chi connectivity index (χ0) is 9.80. The van der Waals surface area contributed by atoms with Crippen molar-refractivity contribution in [2.45, 2.75) is 0 Å². The van der Waals surface area contributed by atoms with Gasteiger partial charge in [0.15, 0.2) is 0 Å². The summed E-state index contributed by atoms with van der Waals surface area (Å²) in [6.45, 7) is 0. The minimum Gasteiger partial charge on any atom is -0.439 e. The zero-order valence-electron chi connectivity index (χ0n) is 7.42. The maximum absolute atomic E-state index is 5.54. The van der Waals surface area contributed by atoms with Crippen molar-refractivity contribution < 1.29 is 4.74 Å². The standard InChI is InChI=1S/C10H9N3O/c11-8-1-3-9(4-2-8)14-10-5-6-12-7-13-10/h1-7H,11H2. The molecule has 0 saturated carbocycles. The Bertz CT molecular complexity index is 399. The molecular formula is C10H9N3O. The molecule has 0 radical (unpaired) electrons. The molecule has 1 aromatic heterocycles. The van der Waals surface area contributed by atoms with Gasteiger partial charge in [-0.15, -0.1) is 0 Å². The van der Waals surface area contributed by atoms with Gasteiger partial charge in [-0.3, -0.25) is 0 Å². The molecule has 0 unspecified atom stereocenters. The first-order valence-electron chi connectivity index (χ1n) is 4.14. The smallest absolute Gasteiger partial charge is 0.222 e. The lowest BCUT2D eigenvalue weighted by Crippen LogP contribution is -1.88. The summed E-state index contributed by atoms with van der Waals surface area (Å²) < 4.78 is 5.43. The van der Waals surface area contributed by atoms with E-state index < -0.39 is 0 Å². The van der Waals surface area contributed by atoms with Crippen LogP contribution in [0.1, 0.15) is 0 Å². The summed E-state index contributed by atoms with van der Waals surface area (Å²) in [5.74, 6) is 1.22. The van der Waals surface area contributed by atoms with Gasteiger partial charge in [-0.2, -0.15) is 0 Å². The summed E-state index contributed by atoms with van der Waals surface area (Å²) in [7, 11) is 0. The molecule has 0 bridgehead atoms. The van der Waals surface area contributed by atoms with Crippen molar-refractivity contribution in [2.24, 2.45) is 0 Å². The van der Waals surface area contributed by atoms with E-state index in [2.05, 4.69) is 9.97 Å². The van der Waals surface area contributed by atoms with Crippen LogP contribution in [0.2, 0.25) is 0 Å². The van der Waals surface area contributed by atoms with Crippen molar-refractivity contribution in [3.8, 4) is 11.6 Å². The third-order valence-electron chi connectivity index (χ3n) is 1.66. The highest BCUT2D eigenvalue weighted by Crippen LogP contribution is 2.19. The van der Waals surface area contributed by atoms with Crippen molar-refractivity contribution in [1.29, 1.82) is 0 Å². The van der Waals surface area contributed by atoms with Crippen LogP contribution >= 0.6 is 0 Å². The second-order valence-electron chi connectivity index (χ2n) is 2.72. The predicted octanol–water partition coefficient (Wildman–Crippen LogP) is 1.85. The number of anilines is 1. The summed E-state index contributed by atoms with van der Waals surface area (Å²) >= 11 is 0. The SMILES string of the molecule is Nc1ccc(Oc2ccncn2)cc1. The highest BCUT2D eigenvalue weighted by molar-refractivity contribution is 5.42. The van der Waals surface area contributed by atoms with Crippen LogP contribution in [0.15, 0.2) is 42.9 Å².